The molecular weight excluding hydrogens is 620 g/mol. The van der Waals surface area contributed by atoms with Gasteiger partial charge >= 0.3 is 6.09 Å². The molecule has 1 aliphatic heterocycles. The Hall–Kier alpha value is -4.69. The van der Waals surface area contributed by atoms with Crippen LogP contribution in [0.3, 0.4) is 0 Å². The van der Waals surface area contributed by atoms with Crippen molar-refractivity contribution in [3.63, 3.8) is 0 Å². The second-order valence-corrected chi connectivity index (χ2v) is 14.6. The highest BCUT2D eigenvalue weighted by Gasteiger charge is 2.51. The van der Waals surface area contributed by atoms with Crippen molar-refractivity contribution in [1.29, 1.82) is 0 Å². The Labute approximate surface area is 261 Å². The molecule has 0 saturated carbocycles. The lowest BCUT2D eigenvalue weighted by atomic mass is 9.71. The van der Waals surface area contributed by atoms with Crippen molar-refractivity contribution in [2.75, 3.05) is 16.3 Å². The number of carbonyl (C=O) groups is 2. The fraction of sp³-hybridized carbons (Fsp3) is 0.258. The van der Waals surface area contributed by atoms with Crippen LogP contribution in [-0.2, 0) is 41.7 Å². The fourth-order valence-electron chi connectivity index (χ4n) is 5.28. The predicted molar refractivity (Wildman–Crippen MR) is 170 cm³/mol. The normalized spacial score (nSPS) is 18.8. The minimum atomic E-state index is -4.49. The molecule has 0 spiro atoms. The number of hydrogen-bond acceptors (Lipinski definition) is 9. The van der Waals surface area contributed by atoms with Gasteiger partial charge in [-0.15, -0.1) is 4.40 Å². The number of aliphatic hydroxyl groups is 1. The maximum atomic E-state index is 14.6. The van der Waals surface area contributed by atoms with Crippen LogP contribution in [0.15, 0.2) is 87.7 Å². The summed E-state index contributed by atoms with van der Waals surface area (Å²) in [5.41, 5.74) is -0.909. The molecule has 0 bridgehead atoms. The number of alkyl carbamates (subject to hydrolysis) is 1. The van der Waals surface area contributed by atoms with Crippen molar-refractivity contribution in [1.82, 2.24) is 5.32 Å². The van der Waals surface area contributed by atoms with E-state index in [4.69, 9.17) is 4.74 Å². The van der Waals surface area contributed by atoms with Crippen LogP contribution in [-0.4, -0.2) is 45.9 Å². The zero-order valence-electron chi connectivity index (χ0n) is 24.7. The summed E-state index contributed by atoms with van der Waals surface area (Å²) in [6.45, 7) is 3.85. The van der Waals surface area contributed by atoms with Crippen LogP contribution in [0.2, 0.25) is 0 Å². The number of ether oxygens (including phenoxy) is 1. The van der Waals surface area contributed by atoms with Gasteiger partial charge in [-0.1, -0.05) is 68.4 Å². The third-order valence-corrected chi connectivity index (χ3v) is 9.31. The topological polar surface area (TPSA) is 180 Å². The number of rotatable bonds is 9. The zero-order chi connectivity index (χ0) is 32.6. The Morgan fingerprint density at radius 2 is 1.76 bits per heavy atom. The molecule has 1 amide bonds. The molecular formula is C31H32N4O8S2. The summed E-state index contributed by atoms with van der Waals surface area (Å²) in [5.74, 6) is -1.64. The molecule has 12 nitrogen and oxygen atoms in total. The number of sulfonamides is 2. The van der Waals surface area contributed by atoms with E-state index in [9.17, 15) is 31.5 Å². The van der Waals surface area contributed by atoms with Crippen LogP contribution in [0, 0.1) is 5.92 Å². The average Bonchev–Trinajstić information content (AvgIpc) is 2.97. The number of ketones is 1. The van der Waals surface area contributed by atoms with E-state index in [1.165, 1.54) is 12.1 Å². The number of Topliss-reactive ketones (excluding diaryl/α,β-unsaturated/α-hetero) is 1. The summed E-state index contributed by atoms with van der Waals surface area (Å²) in [6, 6.07) is 19.3. The summed E-state index contributed by atoms with van der Waals surface area (Å²) >= 11 is 0. The van der Waals surface area contributed by atoms with E-state index in [0.29, 0.717) is 12.0 Å². The number of benzene rings is 3. The summed E-state index contributed by atoms with van der Waals surface area (Å²) in [5, 5.41) is 17.0. The highest BCUT2D eigenvalue weighted by atomic mass is 32.2. The van der Waals surface area contributed by atoms with E-state index in [1.54, 1.807) is 48.5 Å². The Morgan fingerprint density at radius 3 is 2.44 bits per heavy atom. The van der Waals surface area contributed by atoms with Gasteiger partial charge in [0, 0.05) is 11.3 Å². The van der Waals surface area contributed by atoms with E-state index in [0.717, 1.165) is 17.9 Å². The standard InChI is InChI=1S/C31H32N4O8S2/c1-19(2)15-16-31(33-30(38)43-18-20-9-5-4-6-10-20)23-12-8-7-11-22(23)27(36)26(28(31)37)29-32-24-14-13-21(34-44(3,39)40)17-25(24)45(41,42)35-29/h4-14,17,19,34,36H,15-16,18H2,1-3H3,(H,32,35)(H,33,38). The maximum Gasteiger partial charge on any atom is 0.408 e. The van der Waals surface area contributed by atoms with Crippen molar-refractivity contribution in [2.24, 2.45) is 10.3 Å². The highest BCUT2D eigenvalue weighted by molar-refractivity contribution is 7.92. The Bertz CT molecular complexity index is 1960. The van der Waals surface area contributed by atoms with Crippen LogP contribution in [0.5, 0.6) is 0 Å². The largest absolute Gasteiger partial charge is 0.506 e. The first-order valence-corrected chi connectivity index (χ1v) is 17.3. The quantitative estimate of drug-likeness (QED) is 0.255. The van der Waals surface area contributed by atoms with Gasteiger partial charge in [0.1, 0.15) is 28.4 Å². The molecule has 3 aromatic carbocycles. The van der Waals surface area contributed by atoms with Gasteiger partial charge in [-0.3, -0.25) is 9.52 Å². The molecule has 1 aliphatic carbocycles. The SMILES string of the molecule is CC(C)CCC1(NC(=O)OCc2ccccc2)C(=O)C(C2=NS(=O)(=O)c3cc(NS(C)(=O)=O)ccc3N2)=C(O)c2ccccc21. The molecule has 0 aromatic heterocycles. The average molecular weight is 653 g/mol. The molecule has 3 aromatic rings. The zero-order valence-corrected chi connectivity index (χ0v) is 26.3. The molecule has 45 heavy (non-hydrogen) atoms. The van der Waals surface area contributed by atoms with E-state index < -0.39 is 54.6 Å². The van der Waals surface area contributed by atoms with Gasteiger partial charge in [0.05, 0.1) is 11.9 Å². The molecule has 1 unspecified atom stereocenters. The van der Waals surface area contributed by atoms with E-state index in [1.807, 2.05) is 19.9 Å². The van der Waals surface area contributed by atoms with Gasteiger partial charge < -0.3 is 20.5 Å². The Kier molecular flexibility index (Phi) is 8.47. The molecule has 14 heteroatoms. The van der Waals surface area contributed by atoms with Crippen LogP contribution in [0.4, 0.5) is 16.2 Å². The molecule has 1 heterocycles. The van der Waals surface area contributed by atoms with E-state index >= 15 is 0 Å². The lowest BCUT2D eigenvalue weighted by Gasteiger charge is -2.39. The molecule has 1 atom stereocenters. The lowest BCUT2D eigenvalue weighted by molar-refractivity contribution is -0.122. The van der Waals surface area contributed by atoms with Crippen molar-refractivity contribution in [2.45, 2.75) is 43.7 Å². The summed E-state index contributed by atoms with van der Waals surface area (Å²) in [7, 11) is -8.18. The number of nitrogens with one attached hydrogen (secondary N) is 3. The number of carbonyl (C=O) groups excluding carboxylic acids is 2. The molecule has 0 saturated heterocycles. The molecule has 4 N–H and O–H groups in total. The summed E-state index contributed by atoms with van der Waals surface area (Å²) < 4.78 is 61.7. The lowest BCUT2D eigenvalue weighted by Crippen LogP contribution is -2.56. The number of fused-ring (bicyclic) bond motifs is 2. The minimum absolute atomic E-state index is 0.00377. The first-order valence-electron chi connectivity index (χ1n) is 14.0. The number of nitrogens with zero attached hydrogens (tertiary/aromatic N) is 1. The monoisotopic (exact) mass is 652 g/mol. The van der Waals surface area contributed by atoms with Crippen molar-refractivity contribution >= 4 is 54.9 Å². The number of amides is 1. The van der Waals surface area contributed by atoms with Crippen LogP contribution >= 0.6 is 0 Å². The van der Waals surface area contributed by atoms with Crippen LogP contribution in [0.25, 0.3) is 5.76 Å². The Balaban J connectivity index is 1.58. The molecule has 5 rings (SSSR count). The number of aliphatic hydroxyl groups excluding tert-OH is 1. The molecule has 236 valence electrons. The van der Waals surface area contributed by atoms with Crippen LogP contribution < -0.4 is 15.4 Å². The van der Waals surface area contributed by atoms with Crippen molar-refractivity contribution in [3.05, 3.63) is 95.1 Å². The van der Waals surface area contributed by atoms with Gasteiger partial charge in [-0.2, -0.15) is 8.42 Å². The number of amidine groups is 1. The van der Waals surface area contributed by atoms with Crippen LogP contribution in [0.1, 0.15) is 43.4 Å². The minimum Gasteiger partial charge on any atom is -0.506 e. The maximum absolute atomic E-state index is 14.6. The Morgan fingerprint density at radius 1 is 1.07 bits per heavy atom. The molecule has 2 aliphatic rings. The first-order chi connectivity index (χ1) is 21.2. The second-order valence-electron chi connectivity index (χ2n) is 11.2. The molecule has 0 fully saturated rings. The summed E-state index contributed by atoms with van der Waals surface area (Å²) in [6.07, 6.45) is 0.627. The third-order valence-electron chi connectivity index (χ3n) is 7.38. The van der Waals surface area contributed by atoms with E-state index in [2.05, 4.69) is 19.8 Å². The van der Waals surface area contributed by atoms with Gasteiger partial charge in [0.2, 0.25) is 10.0 Å². The van der Waals surface area contributed by atoms with Crippen molar-refractivity contribution < 1.29 is 36.3 Å². The smallest absolute Gasteiger partial charge is 0.408 e. The van der Waals surface area contributed by atoms with Gasteiger partial charge in [0.25, 0.3) is 10.0 Å². The van der Waals surface area contributed by atoms with Crippen molar-refractivity contribution in [3.8, 4) is 0 Å². The van der Waals surface area contributed by atoms with Gasteiger partial charge in [0.15, 0.2) is 11.6 Å². The fourth-order valence-corrected chi connectivity index (χ4v) is 6.98. The van der Waals surface area contributed by atoms with E-state index in [-0.39, 0.29) is 40.8 Å². The van der Waals surface area contributed by atoms with Gasteiger partial charge in [-0.25, -0.2) is 13.2 Å². The number of anilines is 2. The third kappa shape index (κ3) is 6.56. The molecule has 0 radical (unpaired) electrons. The first kappa shape index (κ1) is 31.7. The highest BCUT2D eigenvalue weighted by Crippen LogP contribution is 2.43. The second kappa shape index (κ2) is 12.0. The number of hydrogen-bond donors (Lipinski definition) is 4. The van der Waals surface area contributed by atoms with Gasteiger partial charge in [-0.05, 0) is 48.1 Å². The summed E-state index contributed by atoms with van der Waals surface area (Å²) in [4.78, 5) is 27.6. The predicted octanol–water partition coefficient (Wildman–Crippen LogP) is 4.68.